The van der Waals surface area contributed by atoms with Gasteiger partial charge in [-0.15, -0.1) is 0 Å². The van der Waals surface area contributed by atoms with Crippen LogP contribution >= 0.6 is 0 Å². The summed E-state index contributed by atoms with van der Waals surface area (Å²) in [5, 5.41) is 18.5. The molecule has 1 aromatic rings. The standard InChI is InChI=1S/C11H13NO4/c1-2-3-6-8(13)5-4-7(11(15)16)9(6)10(12)14/h4-5,13H,2-3H2,1H3,(H2,12,14)(H,15,16). The number of nitrogens with two attached hydrogens (primary N) is 1. The van der Waals surface area contributed by atoms with E-state index < -0.39 is 11.9 Å². The molecule has 0 aliphatic carbocycles. The van der Waals surface area contributed by atoms with E-state index >= 15 is 0 Å². The molecule has 0 aliphatic rings. The molecule has 0 spiro atoms. The highest BCUT2D eigenvalue weighted by Gasteiger charge is 2.20. The van der Waals surface area contributed by atoms with Gasteiger partial charge in [0.15, 0.2) is 0 Å². The van der Waals surface area contributed by atoms with E-state index in [9.17, 15) is 14.7 Å². The van der Waals surface area contributed by atoms with Crippen LogP contribution in [0.15, 0.2) is 12.1 Å². The van der Waals surface area contributed by atoms with Crippen LogP contribution in [0.2, 0.25) is 0 Å². The predicted molar refractivity (Wildman–Crippen MR) is 57.6 cm³/mol. The lowest BCUT2D eigenvalue weighted by Gasteiger charge is -2.10. The highest BCUT2D eigenvalue weighted by Crippen LogP contribution is 2.25. The fourth-order valence-corrected chi connectivity index (χ4v) is 1.60. The van der Waals surface area contributed by atoms with Crippen LogP contribution in [-0.2, 0) is 6.42 Å². The van der Waals surface area contributed by atoms with Crippen LogP contribution in [0.5, 0.6) is 5.75 Å². The van der Waals surface area contributed by atoms with Crippen LogP contribution in [0.25, 0.3) is 0 Å². The van der Waals surface area contributed by atoms with E-state index in [1.165, 1.54) is 12.1 Å². The Bertz CT molecular complexity index is 440. The molecule has 1 amide bonds. The fraction of sp³-hybridized carbons (Fsp3) is 0.273. The average molecular weight is 223 g/mol. The molecule has 0 radical (unpaired) electrons. The van der Waals surface area contributed by atoms with Gasteiger partial charge in [0.25, 0.3) is 0 Å². The Kier molecular flexibility index (Phi) is 3.50. The van der Waals surface area contributed by atoms with Crippen molar-refractivity contribution in [3.63, 3.8) is 0 Å². The third-order valence-corrected chi connectivity index (χ3v) is 2.26. The van der Waals surface area contributed by atoms with Crippen molar-refractivity contribution >= 4 is 11.9 Å². The van der Waals surface area contributed by atoms with Crippen molar-refractivity contribution in [3.8, 4) is 5.75 Å². The van der Waals surface area contributed by atoms with Crippen LogP contribution < -0.4 is 5.73 Å². The molecule has 0 fully saturated rings. The van der Waals surface area contributed by atoms with Gasteiger partial charge in [0.05, 0.1) is 11.1 Å². The molecular weight excluding hydrogens is 210 g/mol. The summed E-state index contributed by atoms with van der Waals surface area (Å²) < 4.78 is 0. The number of rotatable bonds is 4. The number of hydrogen-bond donors (Lipinski definition) is 3. The summed E-state index contributed by atoms with van der Waals surface area (Å²) >= 11 is 0. The third kappa shape index (κ3) is 2.13. The molecule has 0 aliphatic heterocycles. The predicted octanol–water partition coefficient (Wildman–Crippen LogP) is 1.14. The second-order valence-corrected chi connectivity index (χ2v) is 3.41. The summed E-state index contributed by atoms with van der Waals surface area (Å²) in [6, 6.07) is 2.44. The summed E-state index contributed by atoms with van der Waals surface area (Å²) in [5.41, 5.74) is 5.16. The summed E-state index contributed by atoms with van der Waals surface area (Å²) in [6.45, 7) is 1.86. The number of carbonyl (C=O) groups is 2. The van der Waals surface area contributed by atoms with Gasteiger partial charge in [-0.3, -0.25) is 4.79 Å². The molecular formula is C11H13NO4. The van der Waals surface area contributed by atoms with Crippen molar-refractivity contribution in [3.05, 3.63) is 28.8 Å². The van der Waals surface area contributed by atoms with Crippen molar-refractivity contribution in [2.24, 2.45) is 5.73 Å². The number of benzene rings is 1. The summed E-state index contributed by atoms with van der Waals surface area (Å²) in [4.78, 5) is 22.1. The number of hydrogen-bond acceptors (Lipinski definition) is 3. The molecule has 0 atom stereocenters. The maximum atomic E-state index is 11.2. The van der Waals surface area contributed by atoms with Gasteiger partial charge in [-0.25, -0.2) is 4.79 Å². The zero-order valence-corrected chi connectivity index (χ0v) is 8.86. The molecule has 86 valence electrons. The van der Waals surface area contributed by atoms with Gasteiger partial charge >= 0.3 is 5.97 Å². The number of primary amides is 1. The minimum atomic E-state index is -1.23. The number of aromatic hydroxyl groups is 1. The Labute approximate surface area is 92.5 Å². The van der Waals surface area contributed by atoms with Crippen molar-refractivity contribution in [2.75, 3.05) is 0 Å². The fourth-order valence-electron chi connectivity index (χ4n) is 1.60. The third-order valence-electron chi connectivity index (χ3n) is 2.26. The number of carbonyl (C=O) groups excluding carboxylic acids is 1. The Morgan fingerprint density at radius 2 is 2.00 bits per heavy atom. The Morgan fingerprint density at radius 3 is 2.44 bits per heavy atom. The van der Waals surface area contributed by atoms with Gasteiger partial charge < -0.3 is 15.9 Å². The van der Waals surface area contributed by atoms with Gasteiger partial charge in [-0.2, -0.15) is 0 Å². The lowest BCUT2D eigenvalue weighted by molar-refractivity contribution is 0.0691. The summed E-state index contributed by atoms with van der Waals surface area (Å²) in [6.07, 6.45) is 1.09. The van der Waals surface area contributed by atoms with E-state index in [1.807, 2.05) is 6.92 Å². The first-order chi connectivity index (χ1) is 7.49. The first kappa shape index (κ1) is 12.0. The number of amides is 1. The van der Waals surface area contributed by atoms with Crippen molar-refractivity contribution in [1.82, 2.24) is 0 Å². The topological polar surface area (TPSA) is 101 Å². The number of aromatic carboxylic acids is 1. The van der Waals surface area contributed by atoms with Crippen LogP contribution in [0, 0.1) is 0 Å². The lowest BCUT2D eigenvalue weighted by Crippen LogP contribution is -2.19. The van der Waals surface area contributed by atoms with Crippen LogP contribution in [-0.4, -0.2) is 22.1 Å². The maximum absolute atomic E-state index is 11.2. The zero-order valence-electron chi connectivity index (χ0n) is 8.86. The maximum Gasteiger partial charge on any atom is 0.336 e. The SMILES string of the molecule is CCCc1c(O)ccc(C(=O)O)c1C(N)=O. The van der Waals surface area contributed by atoms with Crippen molar-refractivity contribution in [1.29, 1.82) is 0 Å². The Balaban J connectivity index is 3.49. The van der Waals surface area contributed by atoms with Crippen LogP contribution in [0.1, 0.15) is 39.6 Å². The lowest BCUT2D eigenvalue weighted by atomic mass is 9.96. The van der Waals surface area contributed by atoms with Gasteiger partial charge in [0, 0.05) is 5.56 Å². The normalized spacial score (nSPS) is 10.1. The second kappa shape index (κ2) is 4.65. The number of carboxylic acids is 1. The van der Waals surface area contributed by atoms with E-state index in [-0.39, 0.29) is 16.9 Å². The molecule has 4 N–H and O–H groups in total. The van der Waals surface area contributed by atoms with E-state index in [1.54, 1.807) is 0 Å². The average Bonchev–Trinajstić information content (AvgIpc) is 2.20. The molecule has 0 saturated carbocycles. The Hall–Kier alpha value is -2.04. The molecule has 1 rings (SSSR count). The zero-order chi connectivity index (χ0) is 12.3. The molecule has 0 unspecified atom stereocenters. The first-order valence-electron chi connectivity index (χ1n) is 4.87. The summed E-state index contributed by atoms with van der Waals surface area (Å²) in [5.74, 6) is -2.16. The molecule has 16 heavy (non-hydrogen) atoms. The van der Waals surface area contributed by atoms with E-state index in [0.29, 0.717) is 18.4 Å². The van der Waals surface area contributed by atoms with Gasteiger partial charge in [0.1, 0.15) is 5.75 Å². The Morgan fingerprint density at radius 1 is 1.38 bits per heavy atom. The minimum absolute atomic E-state index is 0.0966. The van der Waals surface area contributed by atoms with E-state index in [0.717, 1.165) is 0 Å². The van der Waals surface area contributed by atoms with Crippen molar-refractivity contribution < 1.29 is 19.8 Å². The van der Waals surface area contributed by atoms with Gasteiger partial charge in [-0.05, 0) is 18.6 Å². The minimum Gasteiger partial charge on any atom is -0.508 e. The highest BCUT2D eigenvalue weighted by atomic mass is 16.4. The monoisotopic (exact) mass is 223 g/mol. The van der Waals surface area contributed by atoms with Gasteiger partial charge in [0.2, 0.25) is 5.91 Å². The van der Waals surface area contributed by atoms with Crippen LogP contribution in [0.4, 0.5) is 0 Å². The highest BCUT2D eigenvalue weighted by molar-refractivity contribution is 6.05. The molecule has 5 nitrogen and oxygen atoms in total. The first-order valence-corrected chi connectivity index (χ1v) is 4.87. The number of phenols is 1. The van der Waals surface area contributed by atoms with E-state index in [4.69, 9.17) is 10.8 Å². The molecule has 5 heteroatoms. The van der Waals surface area contributed by atoms with Crippen LogP contribution in [0.3, 0.4) is 0 Å². The molecule has 0 saturated heterocycles. The summed E-state index contributed by atoms with van der Waals surface area (Å²) in [7, 11) is 0. The number of phenolic OH excluding ortho intramolecular Hbond substituents is 1. The van der Waals surface area contributed by atoms with Gasteiger partial charge in [-0.1, -0.05) is 13.3 Å². The second-order valence-electron chi connectivity index (χ2n) is 3.41. The molecule has 0 heterocycles. The largest absolute Gasteiger partial charge is 0.508 e. The smallest absolute Gasteiger partial charge is 0.336 e. The number of carboxylic acid groups (broad SMARTS) is 1. The molecule has 0 bridgehead atoms. The van der Waals surface area contributed by atoms with Crippen molar-refractivity contribution in [2.45, 2.75) is 19.8 Å². The molecule has 0 aromatic heterocycles. The quantitative estimate of drug-likeness (QED) is 0.712. The molecule has 1 aromatic carbocycles. The van der Waals surface area contributed by atoms with E-state index in [2.05, 4.69) is 0 Å².